The quantitative estimate of drug-likeness (QED) is 0.795. The molecule has 1 N–H and O–H groups in total. The van der Waals surface area contributed by atoms with Gasteiger partial charge >= 0.3 is 0 Å². The lowest BCUT2D eigenvalue weighted by Gasteiger charge is -2.32. The van der Waals surface area contributed by atoms with Gasteiger partial charge in [-0.15, -0.1) is 0 Å². The van der Waals surface area contributed by atoms with Crippen molar-refractivity contribution in [2.75, 3.05) is 32.7 Å². The van der Waals surface area contributed by atoms with Crippen molar-refractivity contribution >= 4 is 11.8 Å². The molecule has 0 radical (unpaired) electrons. The molecule has 21 heavy (non-hydrogen) atoms. The molecule has 2 aliphatic rings. The van der Waals surface area contributed by atoms with Gasteiger partial charge in [-0.3, -0.25) is 9.59 Å². The summed E-state index contributed by atoms with van der Waals surface area (Å²) in [6, 6.07) is 1.31. The lowest BCUT2D eigenvalue weighted by Crippen LogP contribution is -2.53. The minimum absolute atomic E-state index is 0.0735. The van der Waals surface area contributed by atoms with E-state index in [1.165, 1.54) is 12.4 Å². The molecule has 0 spiro atoms. The molecule has 1 aromatic heterocycles. The molecular formula is C14H19N5O2. The number of amides is 2. The minimum atomic E-state index is -0.330. The maximum atomic E-state index is 12.6. The van der Waals surface area contributed by atoms with Crippen molar-refractivity contribution in [2.24, 2.45) is 0 Å². The first kappa shape index (κ1) is 13.9. The van der Waals surface area contributed by atoms with Crippen molar-refractivity contribution in [2.45, 2.75) is 18.9 Å². The average molecular weight is 289 g/mol. The average Bonchev–Trinajstić information content (AvgIpc) is 3.04. The Morgan fingerprint density at radius 1 is 1.19 bits per heavy atom. The number of likely N-dealkylation sites (tertiary alicyclic amines) is 1. The Morgan fingerprint density at radius 2 is 2.00 bits per heavy atom. The predicted molar refractivity (Wildman–Crippen MR) is 75.5 cm³/mol. The van der Waals surface area contributed by atoms with E-state index in [9.17, 15) is 9.59 Å². The number of aromatic nitrogens is 2. The number of nitrogens with zero attached hydrogens (tertiary/aromatic N) is 4. The molecule has 1 atom stereocenters. The summed E-state index contributed by atoms with van der Waals surface area (Å²) < 4.78 is 0. The van der Waals surface area contributed by atoms with Crippen LogP contribution in [-0.2, 0) is 4.79 Å². The first-order valence-corrected chi connectivity index (χ1v) is 7.34. The van der Waals surface area contributed by atoms with Gasteiger partial charge in [0, 0.05) is 32.7 Å². The standard InChI is InChI=1S/C14H19N5O2/c20-13(11-3-4-16-17-10-11)19-7-1-2-12(19)14(21)18-8-5-15-6-9-18/h3-4,10,12,15H,1-2,5-9H2. The molecule has 1 unspecified atom stereocenters. The molecule has 2 saturated heterocycles. The minimum Gasteiger partial charge on any atom is -0.338 e. The van der Waals surface area contributed by atoms with Gasteiger partial charge in [0.25, 0.3) is 5.91 Å². The summed E-state index contributed by atoms with van der Waals surface area (Å²) in [6.07, 6.45) is 4.56. The van der Waals surface area contributed by atoms with Crippen LogP contribution in [0.4, 0.5) is 0 Å². The fraction of sp³-hybridized carbons (Fsp3) is 0.571. The van der Waals surface area contributed by atoms with Gasteiger partial charge in [-0.25, -0.2) is 0 Å². The second-order valence-corrected chi connectivity index (χ2v) is 5.36. The highest BCUT2D eigenvalue weighted by Gasteiger charge is 2.37. The van der Waals surface area contributed by atoms with Crippen molar-refractivity contribution in [3.8, 4) is 0 Å². The zero-order valence-electron chi connectivity index (χ0n) is 11.9. The van der Waals surface area contributed by atoms with E-state index in [1.807, 2.05) is 4.90 Å². The molecular weight excluding hydrogens is 270 g/mol. The predicted octanol–water partition coefficient (Wildman–Crippen LogP) is -0.487. The molecule has 0 aliphatic carbocycles. The van der Waals surface area contributed by atoms with Crippen LogP contribution in [0.25, 0.3) is 0 Å². The highest BCUT2D eigenvalue weighted by Crippen LogP contribution is 2.21. The Bertz CT molecular complexity index is 515. The van der Waals surface area contributed by atoms with E-state index >= 15 is 0 Å². The molecule has 0 saturated carbocycles. The van der Waals surface area contributed by atoms with Crippen molar-refractivity contribution in [3.05, 3.63) is 24.0 Å². The first-order chi connectivity index (χ1) is 10.3. The smallest absolute Gasteiger partial charge is 0.256 e. The SMILES string of the molecule is O=C(C1CCCN1C(=O)c1ccnnc1)N1CCNCC1. The van der Waals surface area contributed by atoms with Gasteiger partial charge in [0.1, 0.15) is 6.04 Å². The number of hydrogen-bond donors (Lipinski definition) is 1. The molecule has 2 aliphatic heterocycles. The molecule has 2 fully saturated rings. The second-order valence-electron chi connectivity index (χ2n) is 5.36. The second kappa shape index (κ2) is 6.17. The zero-order valence-corrected chi connectivity index (χ0v) is 11.9. The van der Waals surface area contributed by atoms with E-state index in [-0.39, 0.29) is 17.9 Å². The van der Waals surface area contributed by atoms with Crippen LogP contribution in [-0.4, -0.2) is 70.6 Å². The van der Waals surface area contributed by atoms with Crippen LogP contribution in [0.15, 0.2) is 18.5 Å². The van der Waals surface area contributed by atoms with Crippen LogP contribution in [0.5, 0.6) is 0 Å². The lowest BCUT2D eigenvalue weighted by atomic mass is 10.1. The number of hydrogen-bond acceptors (Lipinski definition) is 5. The fourth-order valence-corrected chi connectivity index (χ4v) is 2.95. The van der Waals surface area contributed by atoms with Crippen LogP contribution in [0.2, 0.25) is 0 Å². The van der Waals surface area contributed by atoms with Gasteiger partial charge in [0.2, 0.25) is 5.91 Å². The summed E-state index contributed by atoms with van der Waals surface area (Å²) >= 11 is 0. The van der Waals surface area contributed by atoms with Crippen molar-refractivity contribution < 1.29 is 9.59 Å². The highest BCUT2D eigenvalue weighted by molar-refractivity contribution is 5.97. The third-order valence-corrected chi connectivity index (χ3v) is 4.06. The van der Waals surface area contributed by atoms with E-state index in [0.29, 0.717) is 25.2 Å². The zero-order chi connectivity index (χ0) is 14.7. The summed E-state index contributed by atoms with van der Waals surface area (Å²) in [5.41, 5.74) is 0.491. The van der Waals surface area contributed by atoms with Gasteiger partial charge in [-0.05, 0) is 18.9 Å². The van der Waals surface area contributed by atoms with Crippen molar-refractivity contribution in [3.63, 3.8) is 0 Å². The lowest BCUT2D eigenvalue weighted by molar-refractivity contribution is -0.135. The largest absolute Gasteiger partial charge is 0.338 e. The molecule has 0 aromatic carbocycles. The summed E-state index contributed by atoms with van der Waals surface area (Å²) in [5, 5.41) is 10.6. The van der Waals surface area contributed by atoms with Crippen LogP contribution in [0, 0.1) is 0 Å². The van der Waals surface area contributed by atoms with Crippen LogP contribution in [0.1, 0.15) is 23.2 Å². The fourth-order valence-electron chi connectivity index (χ4n) is 2.95. The molecule has 0 bridgehead atoms. The van der Waals surface area contributed by atoms with E-state index in [4.69, 9.17) is 0 Å². The van der Waals surface area contributed by atoms with Crippen molar-refractivity contribution in [1.82, 2.24) is 25.3 Å². The van der Waals surface area contributed by atoms with E-state index in [2.05, 4.69) is 15.5 Å². The monoisotopic (exact) mass is 289 g/mol. The van der Waals surface area contributed by atoms with E-state index in [1.54, 1.807) is 11.0 Å². The molecule has 7 nitrogen and oxygen atoms in total. The van der Waals surface area contributed by atoms with Gasteiger partial charge < -0.3 is 15.1 Å². The van der Waals surface area contributed by atoms with Crippen LogP contribution < -0.4 is 5.32 Å². The number of carbonyl (C=O) groups excluding carboxylic acids is 2. The third-order valence-electron chi connectivity index (χ3n) is 4.06. The number of carbonyl (C=O) groups is 2. The van der Waals surface area contributed by atoms with E-state index < -0.39 is 0 Å². The maximum absolute atomic E-state index is 12.6. The number of piperazine rings is 1. The van der Waals surface area contributed by atoms with Gasteiger partial charge in [-0.2, -0.15) is 10.2 Å². The molecule has 3 rings (SSSR count). The molecule has 2 amide bonds. The molecule has 7 heteroatoms. The van der Waals surface area contributed by atoms with Gasteiger partial charge in [-0.1, -0.05) is 0 Å². The Labute approximate surface area is 123 Å². The summed E-state index contributed by atoms with van der Waals surface area (Å²) in [5.74, 6) is -0.0553. The van der Waals surface area contributed by atoms with Crippen LogP contribution in [0.3, 0.4) is 0 Å². The van der Waals surface area contributed by atoms with Crippen molar-refractivity contribution in [1.29, 1.82) is 0 Å². The topological polar surface area (TPSA) is 78.4 Å². The molecule has 112 valence electrons. The normalized spacial score (nSPS) is 22.4. The summed E-state index contributed by atoms with van der Waals surface area (Å²) in [7, 11) is 0. The third kappa shape index (κ3) is 2.87. The molecule has 1 aromatic rings. The van der Waals surface area contributed by atoms with E-state index in [0.717, 1.165) is 25.9 Å². The first-order valence-electron chi connectivity index (χ1n) is 7.34. The number of nitrogens with one attached hydrogen (secondary N) is 1. The van der Waals surface area contributed by atoms with Crippen LogP contribution >= 0.6 is 0 Å². The summed E-state index contributed by atoms with van der Waals surface area (Å²) in [4.78, 5) is 28.7. The molecule has 3 heterocycles. The van der Waals surface area contributed by atoms with Gasteiger partial charge in [0.05, 0.1) is 18.0 Å². The highest BCUT2D eigenvalue weighted by atomic mass is 16.2. The van der Waals surface area contributed by atoms with Gasteiger partial charge in [0.15, 0.2) is 0 Å². The Kier molecular flexibility index (Phi) is 4.10. The number of rotatable bonds is 2. The Morgan fingerprint density at radius 3 is 2.71 bits per heavy atom. The Hall–Kier alpha value is -2.02. The Balaban J connectivity index is 1.73. The maximum Gasteiger partial charge on any atom is 0.256 e. The summed E-state index contributed by atoms with van der Waals surface area (Å²) in [6.45, 7) is 3.70.